The minimum atomic E-state index is -0.788. The second-order valence-electron chi connectivity index (χ2n) is 9.13. The van der Waals surface area contributed by atoms with Crippen LogP contribution in [-0.2, 0) is 6.42 Å². The average Bonchev–Trinajstić information content (AvgIpc) is 3.28. The lowest BCUT2D eigenvalue weighted by Crippen LogP contribution is -2.29. The van der Waals surface area contributed by atoms with Crippen LogP contribution in [0.25, 0.3) is 11.0 Å². The number of aliphatic imine (C=N–C) groups is 1. The predicted molar refractivity (Wildman–Crippen MR) is 115 cm³/mol. The van der Waals surface area contributed by atoms with Gasteiger partial charge in [-0.3, -0.25) is 4.99 Å². The van der Waals surface area contributed by atoms with Crippen molar-refractivity contribution >= 4 is 22.9 Å². The molecule has 3 aliphatic rings. The summed E-state index contributed by atoms with van der Waals surface area (Å²) in [5, 5.41) is 22.4. The summed E-state index contributed by atoms with van der Waals surface area (Å²) in [6.45, 7) is 0. The summed E-state index contributed by atoms with van der Waals surface area (Å²) in [5.74, 6) is 1.37. The van der Waals surface area contributed by atoms with Gasteiger partial charge in [-0.15, -0.1) is 0 Å². The molecule has 1 aliphatic heterocycles. The topological polar surface area (TPSA) is 83.5 Å². The summed E-state index contributed by atoms with van der Waals surface area (Å²) >= 11 is 0. The fourth-order valence-electron chi connectivity index (χ4n) is 5.62. The van der Waals surface area contributed by atoms with Gasteiger partial charge in [0.25, 0.3) is 0 Å². The molecule has 2 aromatic heterocycles. The molecule has 0 unspecified atom stereocenters. The van der Waals surface area contributed by atoms with E-state index in [-0.39, 0.29) is 12.0 Å². The van der Waals surface area contributed by atoms with E-state index in [0.717, 1.165) is 36.0 Å². The van der Waals surface area contributed by atoms with Gasteiger partial charge in [-0.2, -0.15) is 0 Å². The van der Waals surface area contributed by atoms with Crippen molar-refractivity contribution in [3.05, 3.63) is 54.1 Å². The van der Waals surface area contributed by atoms with E-state index in [1.54, 1.807) is 6.20 Å². The van der Waals surface area contributed by atoms with Crippen LogP contribution in [0.5, 0.6) is 0 Å². The second-order valence-corrected chi connectivity index (χ2v) is 9.13. The van der Waals surface area contributed by atoms with Crippen molar-refractivity contribution in [3.8, 4) is 0 Å². The zero-order chi connectivity index (χ0) is 20.2. The highest BCUT2D eigenvalue weighted by Crippen LogP contribution is 2.48. The Balaban J connectivity index is 1.17. The lowest BCUT2D eigenvalue weighted by atomic mass is 9.69. The Morgan fingerprint density at radius 2 is 2.03 bits per heavy atom. The number of aryl methyl sites for hydroxylation is 1. The third-order valence-electron chi connectivity index (χ3n) is 7.54. The van der Waals surface area contributed by atoms with Crippen LogP contribution in [-0.4, -0.2) is 43.2 Å². The zero-order valence-corrected chi connectivity index (χ0v) is 16.8. The average molecular weight is 402 g/mol. The SMILES string of the molecule is O[C@@H]1[C@@H](CCc2ccc3c(c2)N=C[C@@H]2CC[C@H]32)C[C@@H](n2ccc3cncnc32)[C@@H]1O. The van der Waals surface area contributed by atoms with Gasteiger partial charge in [0.15, 0.2) is 0 Å². The Bertz CT molecular complexity index is 1120. The van der Waals surface area contributed by atoms with Gasteiger partial charge in [-0.25, -0.2) is 9.97 Å². The smallest absolute Gasteiger partial charge is 0.143 e. The molecule has 3 heterocycles. The Morgan fingerprint density at radius 3 is 2.90 bits per heavy atom. The van der Waals surface area contributed by atoms with Gasteiger partial charge in [-0.1, -0.05) is 12.1 Å². The molecule has 0 bridgehead atoms. The molecule has 3 aromatic rings. The number of hydrogen-bond acceptors (Lipinski definition) is 5. The molecule has 2 fully saturated rings. The Labute approximate surface area is 175 Å². The van der Waals surface area contributed by atoms with E-state index in [2.05, 4.69) is 39.4 Å². The zero-order valence-electron chi connectivity index (χ0n) is 16.8. The number of aromatic nitrogens is 3. The number of hydrogen-bond donors (Lipinski definition) is 2. The van der Waals surface area contributed by atoms with Gasteiger partial charge in [0.1, 0.15) is 18.1 Å². The first-order chi connectivity index (χ1) is 14.7. The second kappa shape index (κ2) is 7.00. The number of aliphatic hydroxyl groups is 2. The fourth-order valence-corrected chi connectivity index (χ4v) is 5.62. The van der Waals surface area contributed by atoms with E-state index in [9.17, 15) is 10.2 Å². The van der Waals surface area contributed by atoms with Crippen molar-refractivity contribution in [1.82, 2.24) is 14.5 Å². The molecule has 30 heavy (non-hydrogen) atoms. The highest BCUT2D eigenvalue weighted by atomic mass is 16.3. The van der Waals surface area contributed by atoms with Crippen LogP contribution in [0, 0.1) is 11.8 Å². The molecule has 0 spiro atoms. The number of fused-ring (bicyclic) bond motifs is 4. The first-order valence-electron chi connectivity index (χ1n) is 11.0. The van der Waals surface area contributed by atoms with Crippen molar-refractivity contribution in [3.63, 3.8) is 0 Å². The van der Waals surface area contributed by atoms with E-state index in [0.29, 0.717) is 11.8 Å². The maximum Gasteiger partial charge on any atom is 0.143 e. The minimum Gasteiger partial charge on any atom is -0.390 e. The van der Waals surface area contributed by atoms with Crippen molar-refractivity contribution in [1.29, 1.82) is 0 Å². The highest BCUT2D eigenvalue weighted by Gasteiger charge is 2.42. The number of rotatable bonds is 4. The highest BCUT2D eigenvalue weighted by molar-refractivity contribution is 5.75. The summed E-state index contributed by atoms with van der Waals surface area (Å²) in [6, 6.07) is 8.49. The van der Waals surface area contributed by atoms with Crippen LogP contribution < -0.4 is 0 Å². The Kier molecular flexibility index (Phi) is 4.25. The predicted octanol–water partition coefficient (Wildman–Crippen LogP) is 3.56. The molecule has 2 aliphatic carbocycles. The summed E-state index contributed by atoms with van der Waals surface area (Å²) in [6.07, 6.45) is 10.9. The lowest BCUT2D eigenvalue weighted by molar-refractivity contribution is 0.00545. The molecule has 2 N–H and O–H groups in total. The van der Waals surface area contributed by atoms with Crippen LogP contribution in [0.3, 0.4) is 0 Å². The van der Waals surface area contributed by atoms with Gasteiger partial charge in [0, 0.05) is 29.9 Å². The van der Waals surface area contributed by atoms with Gasteiger partial charge in [0.2, 0.25) is 0 Å². The monoisotopic (exact) mass is 402 g/mol. The summed E-state index contributed by atoms with van der Waals surface area (Å²) in [5.41, 5.74) is 4.59. The number of aliphatic hydroxyl groups excluding tert-OH is 2. The van der Waals surface area contributed by atoms with Crippen molar-refractivity contribution < 1.29 is 10.2 Å². The Hall–Kier alpha value is -2.57. The maximum atomic E-state index is 10.7. The first-order valence-corrected chi connectivity index (χ1v) is 11.0. The largest absolute Gasteiger partial charge is 0.390 e. The van der Waals surface area contributed by atoms with Crippen LogP contribution in [0.2, 0.25) is 0 Å². The molecule has 2 saturated carbocycles. The summed E-state index contributed by atoms with van der Waals surface area (Å²) < 4.78 is 1.99. The molecule has 0 saturated heterocycles. The lowest BCUT2D eigenvalue weighted by Gasteiger charge is -2.37. The van der Waals surface area contributed by atoms with Gasteiger partial charge >= 0.3 is 0 Å². The van der Waals surface area contributed by atoms with Crippen LogP contribution >= 0.6 is 0 Å². The van der Waals surface area contributed by atoms with Crippen molar-refractivity contribution in [2.45, 2.75) is 56.3 Å². The molecular formula is C24H26N4O2. The Morgan fingerprint density at radius 1 is 1.10 bits per heavy atom. The van der Waals surface area contributed by atoms with Crippen LogP contribution in [0.4, 0.5) is 5.69 Å². The normalized spacial score (nSPS) is 32.1. The number of nitrogens with zero attached hydrogens (tertiary/aromatic N) is 4. The van der Waals surface area contributed by atoms with E-state index < -0.39 is 12.2 Å². The summed E-state index contributed by atoms with van der Waals surface area (Å²) in [7, 11) is 0. The molecule has 6 heteroatoms. The molecular weight excluding hydrogens is 376 g/mol. The molecule has 0 amide bonds. The summed E-state index contributed by atoms with van der Waals surface area (Å²) in [4.78, 5) is 13.1. The fraction of sp³-hybridized carbons (Fsp3) is 0.458. The van der Waals surface area contributed by atoms with Crippen LogP contribution in [0.15, 0.2) is 48.0 Å². The van der Waals surface area contributed by atoms with Crippen LogP contribution in [0.1, 0.15) is 48.8 Å². The first kappa shape index (κ1) is 18.2. The number of benzene rings is 1. The molecule has 6 rings (SSSR count). The molecule has 6 nitrogen and oxygen atoms in total. The molecule has 154 valence electrons. The van der Waals surface area contributed by atoms with Gasteiger partial charge in [0.05, 0.1) is 17.8 Å². The maximum absolute atomic E-state index is 10.7. The molecule has 1 aromatic carbocycles. The van der Waals surface area contributed by atoms with Crippen molar-refractivity contribution in [2.24, 2.45) is 16.8 Å². The standard InChI is InChI=1S/C24H26N4O2/c29-22-15(10-21(23(22)30)28-8-7-17-11-25-13-27-24(17)28)3-1-14-2-5-19-18-6-4-16(18)12-26-20(19)9-14/h2,5,7-9,11-13,15-16,18,21-23,29-30H,1,3-4,6,10H2/t15-,16-,18-,21+,22+,23-/m0/s1. The molecule has 0 radical (unpaired) electrons. The molecule has 6 atom stereocenters. The quantitative estimate of drug-likeness (QED) is 0.699. The van der Waals surface area contributed by atoms with Gasteiger partial charge in [-0.05, 0) is 67.2 Å². The third kappa shape index (κ3) is 2.81. The van der Waals surface area contributed by atoms with E-state index in [4.69, 9.17) is 0 Å². The van der Waals surface area contributed by atoms with E-state index in [1.165, 1.54) is 30.3 Å². The minimum absolute atomic E-state index is 0.0554. The third-order valence-corrected chi connectivity index (χ3v) is 7.54. The van der Waals surface area contributed by atoms with E-state index >= 15 is 0 Å². The van der Waals surface area contributed by atoms with Crippen molar-refractivity contribution in [2.75, 3.05) is 0 Å². The van der Waals surface area contributed by atoms with Gasteiger partial charge < -0.3 is 14.8 Å². The van der Waals surface area contributed by atoms with E-state index in [1.807, 2.05) is 16.8 Å².